The Morgan fingerprint density at radius 2 is 2.00 bits per heavy atom. The van der Waals surface area contributed by atoms with Crippen molar-refractivity contribution in [1.82, 2.24) is 4.90 Å². The molecule has 5 heteroatoms. The van der Waals surface area contributed by atoms with Crippen molar-refractivity contribution in [1.29, 1.82) is 0 Å². The second kappa shape index (κ2) is 8.10. The van der Waals surface area contributed by atoms with Crippen molar-refractivity contribution >= 4 is 5.97 Å². The largest absolute Gasteiger partial charge is 0.461 e. The van der Waals surface area contributed by atoms with Crippen molar-refractivity contribution in [2.45, 2.75) is 64.4 Å². The molecular weight excluding hydrogens is 378 g/mol. The van der Waals surface area contributed by atoms with Gasteiger partial charge in [0.25, 0.3) is 0 Å². The van der Waals surface area contributed by atoms with Crippen molar-refractivity contribution < 1.29 is 19.7 Å². The van der Waals surface area contributed by atoms with Crippen LogP contribution < -0.4 is 0 Å². The highest BCUT2D eigenvalue weighted by Crippen LogP contribution is 2.56. The second-order valence-electron chi connectivity index (χ2n) is 9.83. The van der Waals surface area contributed by atoms with Gasteiger partial charge in [-0.1, -0.05) is 55.8 Å². The van der Waals surface area contributed by atoms with E-state index in [2.05, 4.69) is 19.9 Å². The Morgan fingerprint density at radius 1 is 1.30 bits per heavy atom. The average Bonchev–Trinajstić information content (AvgIpc) is 3.05. The molecule has 5 nitrogen and oxygen atoms in total. The van der Waals surface area contributed by atoms with E-state index in [4.69, 9.17) is 4.74 Å². The number of carbonyl (C=O) groups excluding carboxylic acids is 1. The summed E-state index contributed by atoms with van der Waals surface area (Å²) in [6, 6.07) is 9.43. The second-order valence-corrected chi connectivity index (χ2v) is 9.83. The quantitative estimate of drug-likeness (QED) is 0.572. The minimum Gasteiger partial charge on any atom is -0.461 e. The van der Waals surface area contributed by atoms with Crippen molar-refractivity contribution in [3.8, 4) is 0 Å². The predicted octanol–water partition coefficient (Wildman–Crippen LogP) is 3.33. The van der Waals surface area contributed by atoms with Crippen LogP contribution in [0.5, 0.6) is 0 Å². The van der Waals surface area contributed by atoms with Crippen molar-refractivity contribution in [3.05, 3.63) is 47.5 Å². The fourth-order valence-corrected chi connectivity index (χ4v) is 5.92. The van der Waals surface area contributed by atoms with Crippen molar-refractivity contribution in [2.75, 3.05) is 13.6 Å². The minimum absolute atomic E-state index is 0.167. The van der Waals surface area contributed by atoms with E-state index in [1.54, 1.807) is 0 Å². The molecule has 0 bridgehead atoms. The van der Waals surface area contributed by atoms with Gasteiger partial charge in [-0.2, -0.15) is 0 Å². The van der Waals surface area contributed by atoms with Crippen LogP contribution in [0.3, 0.4) is 0 Å². The van der Waals surface area contributed by atoms with Gasteiger partial charge >= 0.3 is 5.97 Å². The van der Waals surface area contributed by atoms with Crippen LogP contribution in [-0.2, 0) is 9.53 Å². The fourth-order valence-electron chi connectivity index (χ4n) is 5.92. The third kappa shape index (κ3) is 3.41. The zero-order chi connectivity index (χ0) is 21.6. The zero-order valence-corrected chi connectivity index (χ0v) is 18.5. The van der Waals surface area contributed by atoms with E-state index in [1.165, 1.54) is 5.57 Å². The lowest BCUT2D eigenvalue weighted by molar-refractivity contribution is -0.145. The maximum Gasteiger partial charge on any atom is 0.311 e. The van der Waals surface area contributed by atoms with Crippen LogP contribution in [0.25, 0.3) is 0 Å². The van der Waals surface area contributed by atoms with E-state index in [0.29, 0.717) is 12.5 Å². The van der Waals surface area contributed by atoms with Gasteiger partial charge in [0.1, 0.15) is 6.10 Å². The van der Waals surface area contributed by atoms with Crippen LogP contribution in [0.1, 0.15) is 51.7 Å². The van der Waals surface area contributed by atoms with Gasteiger partial charge in [-0.3, -0.25) is 9.69 Å². The number of ether oxygens (including phenoxy) is 1. The minimum atomic E-state index is -0.647. The standard InChI is InChI=1S/C25H35NO4/c1-15-9-8-12-18-13-20-21(23(28)25(15,18)3)19(24(29)30-20)14-26(4)16(2)22(27)17-10-6-5-7-11-17/h5-7,10-12,15-16,19-23,27-28H,8-9,13-14H2,1-4H3/t15-,16+,19-,20-,21-,22-,23-,25-/m1/s1. The molecule has 3 aliphatic rings. The molecule has 1 aromatic carbocycles. The highest BCUT2D eigenvalue weighted by molar-refractivity contribution is 5.76. The monoisotopic (exact) mass is 413 g/mol. The number of nitrogens with zero attached hydrogens (tertiary/aromatic N) is 1. The molecule has 2 N–H and O–H groups in total. The van der Waals surface area contributed by atoms with Gasteiger partial charge in [0.05, 0.1) is 18.1 Å². The molecule has 2 aliphatic carbocycles. The molecule has 1 aromatic rings. The molecule has 8 atom stereocenters. The Labute approximate surface area is 179 Å². The van der Waals surface area contributed by atoms with Crippen LogP contribution in [0.2, 0.25) is 0 Å². The van der Waals surface area contributed by atoms with E-state index < -0.39 is 12.2 Å². The summed E-state index contributed by atoms with van der Waals surface area (Å²) in [5.41, 5.74) is 1.82. The summed E-state index contributed by atoms with van der Waals surface area (Å²) < 4.78 is 5.77. The van der Waals surface area contributed by atoms with Crippen molar-refractivity contribution in [2.24, 2.45) is 23.2 Å². The molecule has 164 valence electrons. The number of fused-ring (bicyclic) bond motifs is 2. The zero-order valence-electron chi connectivity index (χ0n) is 18.5. The van der Waals surface area contributed by atoms with Gasteiger partial charge in [-0.15, -0.1) is 0 Å². The first-order chi connectivity index (χ1) is 14.2. The number of esters is 1. The summed E-state index contributed by atoms with van der Waals surface area (Å²) in [6.45, 7) is 6.81. The smallest absolute Gasteiger partial charge is 0.311 e. The number of hydrogen-bond acceptors (Lipinski definition) is 5. The Hall–Kier alpha value is -1.69. The molecular formula is C25H35NO4. The van der Waals surface area contributed by atoms with E-state index in [0.717, 1.165) is 24.8 Å². The van der Waals surface area contributed by atoms with E-state index in [9.17, 15) is 15.0 Å². The number of allylic oxidation sites excluding steroid dienone is 1. The maximum atomic E-state index is 12.8. The average molecular weight is 414 g/mol. The molecule has 2 fully saturated rings. The molecule has 0 spiro atoms. The Bertz CT molecular complexity index is 809. The fraction of sp³-hybridized carbons (Fsp3) is 0.640. The molecule has 4 rings (SSSR count). The predicted molar refractivity (Wildman–Crippen MR) is 116 cm³/mol. The molecule has 0 radical (unpaired) electrons. The van der Waals surface area contributed by atoms with Crippen LogP contribution in [-0.4, -0.2) is 52.9 Å². The molecule has 0 unspecified atom stereocenters. The summed E-state index contributed by atoms with van der Waals surface area (Å²) in [5.74, 6) is -0.425. The molecule has 0 aromatic heterocycles. The highest BCUT2D eigenvalue weighted by Gasteiger charge is 2.59. The molecule has 1 heterocycles. The summed E-state index contributed by atoms with van der Waals surface area (Å²) in [5, 5.41) is 22.3. The Morgan fingerprint density at radius 3 is 2.70 bits per heavy atom. The van der Waals surface area contributed by atoms with Crippen LogP contribution in [0.4, 0.5) is 0 Å². The van der Waals surface area contributed by atoms with E-state index in [1.807, 2.05) is 49.2 Å². The summed E-state index contributed by atoms with van der Waals surface area (Å²) in [4.78, 5) is 14.9. The topological polar surface area (TPSA) is 70.0 Å². The molecule has 1 saturated carbocycles. The van der Waals surface area contributed by atoms with Gasteiger partial charge < -0.3 is 14.9 Å². The van der Waals surface area contributed by atoms with Crippen LogP contribution in [0.15, 0.2) is 42.0 Å². The first-order valence-corrected chi connectivity index (χ1v) is 11.3. The van der Waals surface area contributed by atoms with Gasteiger partial charge in [0, 0.05) is 30.3 Å². The number of rotatable bonds is 5. The summed E-state index contributed by atoms with van der Waals surface area (Å²) in [7, 11) is 1.93. The molecule has 1 saturated heterocycles. The number of aliphatic hydroxyl groups excluding tert-OH is 2. The normalized spacial score (nSPS) is 37.8. The lowest BCUT2D eigenvalue weighted by Gasteiger charge is -2.52. The SMILES string of the molecule is C[C@@H]1CCC=C2C[C@H]3OC(=O)[C@H](CN(C)[C@@H](C)[C@@H](O)c4ccccc4)[C@H]3[C@@H](O)[C@@]21C. The van der Waals surface area contributed by atoms with E-state index in [-0.39, 0.29) is 35.4 Å². The lowest BCUT2D eigenvalue weighted by Crippen LogP contribution is -2.55. The Balaban J connectivity index is 1.52. The number of aliphatic hydroxyl groups is 2. The molecule has 30 heavy (non-hydrogen) atoms. The van der Waals surface area contributed by atoms with Gasteiger partial charge in [-0.25, -0.2) is 0 Å². The van der Waals surface area contributed by atoms with E-state index >= 15 is 0 Å². The van der Waals surface area contributed by atoms with Crippen molar-refractivity contribution in [3.63, 3.8) is 0 Å². The molecule has 0 amide bonds. The number of likely N-dealkylation sites (N-methyl/N-ethyl adjacent to an activating group) is 1. The number of hydrogen-bond donors (Lipinski definition) is 2. The van der Waals surface area contributed by atoms with Crippen LogP contribution >= 0.6 is 0 Å². The maximum absolute atomic E-state index is 12.8. The summed E-state index contributed by atoms with van der Waals surface area (Å²) in [6.07, 6.45) is 3.59. The number of benzene rings is 1. The van der Waals surface area contributed by atoms with Gasteiger partial charge in [-0.05, 0) is 38.3 Å². The first kappa shape index (κ1) is 21.5. The van der Waals surface area contributed by atoms with Gasteiger partial charge in [0.2, 0.25) is 0 Å². The van der Waals surface area contributed by atoms with Crippen LogP contribution in [0, 0.1) is 23.2 Å². The summed E-state index contributed by atoms with van der Waals surface area (Å²) >= 11 is 0. The number of carbonyl (C=O) groups is 1. The first-order valence-electron chi connectivity index (χ1n) is 11.3. The third-order valence-corrected chi connectivity index (χ3v) is 8.35. The molecule has 1 aliphatic heterocycles. The van der Waals surface area contributed by atoms with Gasteiger partial charge in [0.15, 0.2) is 0 Å². The Kier molecular flexibility index (Phi) is 5.82. The highest BCUT2D eigenvalue weighted by atomic mass is 16.6. The lowest BCUT2D eigenvalue weighted by atomic mass is 9.55. The third-order valence-electron chi connectivity index (χ3n) is 8.35.